The molecule has 0 aliphatic rings. The topological polar surface area (TPSA) is 127 Å². The van der Waals surface area contributed by atoms with Crippen LogP contribution in [0.2, 0.25) is 5.02 Å². The first-order valence-corrected chi connectivity index (χ1v) is 9.00. The Morgan fingerprint density at radius 1 is 1.27 bits per heavy atom. The Kier molecular flexibility index (Phi) is 5.15. The molecule has 0 bridgehead atoms. The highest BCUT2D eigenvalue weighted by molar-refractivity contribution is 6.32. The highest BCUT2D eigenvalue weighted by Crippen LogP contribution is 2.35. The maximum atomic E-state index is 10.7. The van der Waals surface area contributed by atoms with Crippen molar-refractivity contribution >= 4 is 39.9 Å². The summed E-state index contributed by atoms with van der Waals surface area (Å²) in [6.45, 7) is 0. The van der Waals surface area contributed by atoms with Gasteiger partial charge in [0.2, 0.25) is 11.8 Å². The first-order valence-electron chi connectivity index (χ1n) is 8.62. The Balaban J connectivity index is 1.55. The van der Waals surface area contributed by atoms with Crippen molar-refractivity contribution < 1.29 is 14.1 Å². The lowest BCUT2D eigenvalue weighted by Crippen LogP contribution is -1.98. The first-order chi connectivity index (χ1) is 14.5. The number of aromatic nitrogens is 2. The van der Waals surface area contributed by atoms with E-state index in [4.69, 9.17) is 26.0 Å². The number of nitriles is 1. The monoisotopic (exact) mass is 421 g/mol. The van der Waals surface area contributed by atoms with Gasteiger partial charge >= 0.3 is 0 Å². The average Bonchev–Trinajstić information content (AvgIpc) is 3.11. The molecule has 0 amide bonds. The van der Waals surface area contributed by atoms with E-state index in [1.807, 2.05) is 0 Å². The third kappa shape index (κ3) is 3.99. The summed E-state index contributed by atoms with van der Waals surface area (Å²) in [6, 6.07) is 12.8. The van der Waals surface area contributed by atoms with E-state index in [2.05, 4.69) is 21.4 Å². The number of nitro groups is 1. The molecule has 0 aliphatic carbocycles. The molecule has 4 aromatic rings. The van der Waals surface area contributed by atoms with Crippen molar-refractivity contribution in [3.05, 3.63) is 75.6 Å². The second kappa shape index (κ2) is 8.06. The zero-order valence-corrected chi connectivity index (χ0v) is 16.0. The molecule has 0 saturated carbocycles. The van der Waals surface area contributed by atoms with Crippen LogP contribution in [0.25, 0.3) is 11.0 Å². The summed E-state index contributed by atoms with van der Waals surface area (Å²) >= 11 is 6.33. The number of nitrogens with zero attached hydrogens (tertiary/aromatic N) is 4. The summed E-state index contributed by atoms with van der Waals surface area (Å²) in [7, 11) is 0. The second-order valence-electron chi connectivity index (χ2n) is 6.12. The molecular weight excluding hydrogens is 410 g/mol. The van der Waals surface area contributed by atoms with Gasteiger partial charge in [0.25, 0.3) is 5.69 Å². The number of hydrogen-bond donors (Lipinski definition) is 1. The molecule has 0 radical (unpaired) electrons. The van der Waals surface area contributed by atoms with Gasteiger partial charge in [0, 0.05) is 47.1 Å². The molecule has 0 fully saturated rings. The number of anilines is 2. The summed E-state index contributed by atoms with van der Waals surface area (Å²) in [5.74, 6) is 0.814. The van der Waals surface area contributed by atoms with Crippen LogP contribution < -0.4 is 10.1 Å². The second-order valence-corrected chi connectivity index (χ2v) is 6.53. The number of fused-ring (bicyclic) bond motifs is 1. The zero-order valence-electron chi connectivity index (χ0n) is 15.2. The Bertz CT molecular complexity index is 1280. The van der Waals surface area contributed by atoms with E-state index in [0.717, 1.165) is 10.9 Å². The molecule has 4 rings (SSSR count). The SMILES string of the molecule is N#CCc1coc2cc(Oc3ccnc(Nc4ccc([N+](=O)[O-])cc4)n3)c(Cl)cc12. The van der Waals surface area contributed by atoms with Crippen molar-refractivity contribution in [2.45, 2.75) is 6.42 Å². The smallest absolute Gasteiger partial charge is 0.269 e. The minimum absolute atomic E-state index is 0.0144. The van der Waals surface area contributed by atoms with Crippen molar-refractivity contribution in [1.29, 1.82) is 5.26 Å². The molecule has 10 heteroatoms. The van der Waals surface area contributed by atoms with Crippen molar-refractivity contribution in [3.8, 4) is 17.7 Å². The summed E-state index contributed by atoms with van der Waals surface area (Å²) in [5.41, 5.74) is 1.85. The van der Waals surface area contributed by atoms with Gasteiger partial charge in [-0.3, -0.25) is 10.1 Å². The van der Waals surface area contributed by atoms with Gasteiger partial charge in [0.1, 0.15) is 5.58 Å². The molecule has 9 nitrogen and oxygen atoms in total. The number of halogens is 1. The lowest BCUT2D eigenvalue weighted by molar-refractivity contribution is -0.384. The Morgan fingerprint density at radius 2 is 2.07 bits per heavy atom. The average molecular weight is 422 g/mol. The molecule has 0 spiro atoms. The van der Waals surface area contributed by atoms with Crippen molar-refractivity contribution in [2.24, 2.45) is 0 Å². The van der Waals surface area contributed by atoms with Crippen LogP contribution in [0.5, 0.6) is 11.6 Å². The molecule has 0 saturated heterocycles. The number of nitrogens with one attached hydrogen (secondary N) is 1. The van der Waals surface area contributed by atoms with E-state index in [0.29, 0.717) is 22.0 Å². The Morgan fingerprint density at radius 3 is 2.80 bits per heavy atom. The van der Waals surface area contributed by atoms with Gasteiger partial charge in [-0.1, -0.05) is 11.6 Å². The zero-order chi connectivity index (χ0) is 21.1. The van der Waals surface area contributed by atoms with Crippen LogP contribution in [0.4, 0.5) is 17.3 Å². The van der Waals surface area contributed by atoms with Gasteiger partial charge in [0.15, 0.2) is 5.75 Å². The fraction of sp³-hybridized carbons (Fsp3) is 0.0500. The van der Waals surface area contributed by atoms with Crippen LogP contribution in [0.3, 0.4) is 0 Å². The molecule has 0 aliphatic heterocycles. The largest absolute Gasteiger partial charge is 0.464 e. The van der Waals surface area contributed by atoms with Gasteiger partial charge < -0.3 is 14.5 Å². The number of hydrogen-bond acceptors (Lipinski definition) is 8. The molecule has 0 atom stereocenters. The molecule has 2 aromatic heterocycles. The third-order valence-corrected chi connectivity index (χ3v) is 4.45. The lowest BCUT2D eigenvalue weighted by atomic mass is 10.1. The molecule has 2 aromatic carbocycles. The van der Waals surface area contributed by atoms with Crippen LogP contribution in [0.1, 0.15) is 5.56 Å². The Hall–Kier alpha value is -4.16. The standard InChI is InChI=1S/C20H12ClN5O4/c21-16-9-15-12(5-7-22)11-29-17(15)10-18(16)30-19-6-8-23-20(25-19)24-13-1-3-14(4-2-13)26(27)28/h1-4,6,8-11H,5H2,(H,23,24,25). The van der Waals surface area contributed by atoms with Crippen LogP contribution in [-0.2, 0) is 6.42 Å². The molecule has 148 valence electrons. The molecular formula is C20H12ClN5O4. The van der Waals surface area contributed by atoms with E-state index >= 15 is 0 Å². The van der Waals surface area contributed by atoms with Gasteiger partial charge in [-0.15, -0.1) is 0 Å². The summed E-state index contributed by atoms with van der Waals surface area (Å²) < 4.78 is 11.3. The third-order valence-electron chi connectivity index (χ3n) is 4.16. The fourth-order valence-corrected chi connectivity index (χ4v) is 2.95. The minimum atomic E-state index is -0.475. The van der Waals surface area contributed by atoms with Crippen LogP contribution in [-0.4, -0.2) is 14.9 Å². The summed E-state index contributed by atoms with van der Waals surface area (Å²) in [6.07, 6.45) is 3.23. The summed E-state index contributed by atoms with van der Waals surface area (Å²) in [4.78, 5) is 18.6. The predicted molar refractivity (Wildman–Crippen MR) is 109 cm³/mol. The van der Waals surface area contributed by atoms with Gasteiger partial charge in [-0.05, 0) is 18.2 Å². The maximum Gasteiger partial charge on any atom is 0.269 e. The quantitative estimate of drug-likeness (QED) is 0.324. The molecule has 1 N–H and O–H groups in total. The van der Waals surface area contributed by atoms with Gasteiger partial charge in [-0.2, -0.15) is 10.2 Å². The Labute approximate surface area is 174 Å². The molecule has 0 unspecified atom stereocenters. The number of benzene rings is 2. The van der Waals surface area contributed by atoms with Gasteiger partial charge in [0.05, 0.1) is 28.7 Å². The minimum Gasteiger partial charge on any atom is -0.464 e. The number of rotatable bonds is 6. The first kappa shape index (κ1) is 19.2. The van der Waals surface area contributed by atoms with Gasteiger partial charge in [-0.25, -0.2) is 4.98 Å². The van der Waals surface area contributed by atoms with E-state index in [9.17, 15) is 10.1 Å². The highest BCUT2D eigenvalue weighted by atomic mass is 35.5. The van der Waals surface area contributed by atoms with Crippen LogP contribution >= 0.6 is 11.6 Å². The van der Waals surface area contributed by atoms with E-state index < -0.39 is 4.92 Å². The summed E-state index contributed by atoms with van der Waals surface area (Å²) in [5, 5.41) is 23.7. The fourth-order valence-electron chi connectivity index (χ4n) is 2.75. The normalized spacial score (nSPS) is 10.5. The van der Waals surface area contributed by atoms with E-state index in [-0.39, 0.29) is 23.9 Å². The van der Waals surface area contributed by atoms with Crippen LogP contribution in [0.15, 0.2) is 59.3 Å². The predicted octanol–water partition coefficient (Wildman–Crippen LogP) is 5.39. The van der Waals surface area contributed by atoms with Crippen molar-refractivity contribution in [2.75, 3.05) is 5.32 Å². The number of nitro benzene ring substituents is 1. The molecule has 2 heterocycles. The molecule has 30 heavy (non-hydrogen) atoms. The number of non-ortho nitro benzene ring substituents is 1. The number of furan rings is 1. The maximum absolute atomic E-state index is 10.7. The van der Waals surface area contributed by atoms with E-state index in [1.165, 1.54) is 24.6 Å². The lowest BCUT2D eigenvalue weighted by Gasteiger charge is -2.09. The van der Waals surface area contributed by atoms with Crippen LogP contribution in [0, 0.1) is 21.4 Å². The van der Waals surface area contributed by atoms with Crippen molar-refractivity contribution in [3.63, 3.8) is 0 Å². The van der Waals surface area contributed by atoms with E-state index in [1.54, 1.807) is 30.3 Å². The van der Waals surface area contributed by atoms with Crippen molar-refractivity contribution in [1.82, 2.24) is 9.97 Å². The number of ether oxygens (including phenoxy) is 1. The highest BCUT2D eigenvalue weighted by Gasteiger charge is 2.13.